The minimum Gasteiger partial charge on any atom is -0.486 e. The molecule has 1 fully saturated rings. The van der Waals surface area contributed by atoms with Gasteiger partial charge in [0.05, 0.1) is 5.69 Å². The van der Waals surface area contributed by atoms with E-state index in [1.165, 1.54) is 18.4 Å². The largest absolute Gasteiger partial charge is 0.486 e. The molecule has 3 aliphatic rings. The van der Waals surface area contributed by atoms with Crippen LogP contribution in [0.4, 0.5) is 11.4 Å². The van der Waals surface area contributed by atoms with Crippen molar-refractivity contribution >= 4 is 23.4 Å². The van der Waals surface area contributed by atoms with Crippen LogP contribution in [0.3, 0.4) is 0 Å². The van der Waals surface area contributed by atoms with E-state index >= 15 is 0 Å². The number of piperidine rings is 1. The zero-order valence-corrected chi connectivity index (χ0v) is 20.9. The van der Waals surface area contributed by atoms with Crippen molar-refractivity contribution in [2.45, 2.75) is 38.7 Å². The average Bonchev–Trinajstić information content (AvgIpc) is 2.87. The number of hydrogen-bond donors (Lipinski definition) is 2. The van der Waals surface area contributed by atoms with Gasteiger partial charge in [-0.05, 0) is 87.5 Å². The minimum absolute atomic E-state index is 0.0271. The number of carbonyl (C=O) groups is 1. The van der Waals surface area contributed by atoms with E-state index in [1.54, 1.807) is 0 Å². The molecule has 36 heavy (non-hydrogen) atoms. The molecule has 0 aromatic heterocycles. The predicted octanol–water partition coefficient (Wildman–Crippen LogP) is 4.67. The fourth-order valence-corrected chi connectivity index (χ4v) is 5.10. The molecule has 0 saturated carbocycles. The molecule has 0 aliphatic carbocycles. The molecule has 3 aliphatic heterocycles. The van der Waals surface area contributed by atoms with Gasteiger partial charge in [0.2, 0.25) is 0 Å². The molecule has 1 saturated heterocycles. The van der Waals surface area contributed by atoms with Gasteiger partial charge < -0.3 is 25.3 Å². The van der Waals surface area contributed by atoms with Crippen LogP contribution in [0.15, 0.2) is 48.6 Å². The maximum absolute atomic E-state index is 11.6. The number of nitrogens with one attached hydrogen (secondary N) is 1. The molecule has 7 nitrogen and oxygen atoms in total. The summed E-state index contributed by atoms with van der Waals surface area (Å²) in [6, 6.07) is 9.86. The Kier molecular flexibility index (Phi) is 7.18. The number of hydrogen-bond acceptors (Lipinski definition) is 6. The Morgan fingerprint density at radius 3 is 2.81 bits per heavy atom. The van der Waals surface area contributed by atoms with Crippen LogP contribution < -0.4 is 25.3 Å². The number of rotatable bonds is 7. The number of nitrogen functional groups attached to an aromatic ring is 1. The topological polar surface area (TPSA) is 86.1 Å². The lowest BCUT2D eigenvalue weighted by Gasteiger charge is -2.36. The van der Waals surface area contributed by atoms with Crippen LogP contribution in [0.25, 0.3) is 6.08 Å². The molecule has 7 heteroatoms. The standard InChI is InChI=1S/C29H35N3O4/c1-19(2)3-7-23-24(30)8-10-27-29(23)36-22(17-34-27)16-32-13-11-20(12-14-32)4-5-21-6-9-26-25(15-21)31-28(33)18-35-26/h3,6-10,15,20,22H,1,4-5,11-14,16-18,30H2,2H3,(H,31,33)/b7-3-/t22-/m0/s1. The molecule has 0 unspecified atom stereocenters. The Hall–Kier alpha value is -3.45. The van der Waals surface area contributed by atoms with Crippen LogP contribution in [0.5, 0.6) is 17.2 Å². The fraction of sp³-hybridized carbons (Fsp3) is 0.414. The highest BCUT2D eigenvalue weighted by Crippen LogP contribution is 2.40. The third-order valence-electron chi connectivity index (χ3n) is 7.12. The first-order valence-corrected chi connectivity index (χ1v) is 12.8. The second kappa shape index (κ2) is 10.7. The number of ether oxygens (including phenoxy) is 3. The average molecular weight is 490 g/mol. The van der Waals surface area contributed by atoms with Gasteiger partial charge in [0, 0.05) is 17.8 Å². The molecule has 0 spiro atoms. The quantitative estimate of drug-likeness (QED) is 0.434. The third kappa shape index (κ3) is 5.68. The van der Waals surface area contributed by atoms with E-state index in [0.717, 1.165) is 66.5 Å². The minimum atomic E-state index is -0.0918. The van der Waals surface area contributed by atoms with Gasteiger partial charge in [-0.1, -0.05) is 24.3 Å². The summed E-state index contributed by atoms with van der Waals surface area (Å²) in [6.45, 7) is 9.48. The van der Waals surface area contributed by atoms with Crippen LogP contribution >= 0.6 is 0 Å². The lowest BCUT2D eigenvalue weighted by Crippen LogP contribution is -2.44. The van der Waals surface area contributed by atoms with Crippen molar-refractivity contribution in [2.75, 3.05) is 43.9 Å². The number of fused-ring (bicyclic) bond motifs is 2. The summed E-state index contributed by atoms with van der Waals surface area (Å²) in [4.78, 5) is 14.1. The van der Waals surface area contributed by atoms with Crippen molar-refractivity contribution in [1.82, 2.24) is 4.90 Å². The number of nitrogens with zero attached hydrogens (tertiary/aromatic N) is 1. The maximum atomic E-state index is 11.6. The van der Waals surface area contributed by atoms with Crippen molar-refractivity contribution in [3.05, 3.63) is 59.7 Å². The van der Waals surface area contributed by atoms with Gasteiger partial charge in [-0.3, -0.25) is 9.69 Å². The molecule has 1 atom stereocenters. The number of aryl methyl sites for hydroxylation is 1. The molecule has 190 valence electrons. The Bertz CT molecular complexity index is 1170. The lowest BCUT2D eigenvalue weighted by molar-refractivity contribution is -0.118. The highest BCUT2D eigenvalue weighted by Gasteiger charge is 2.28. The Morgan fingerprint density at radius 1 is 1.19 bits per heavy atom. The van der Waals surface area contributed by atoms with Gasteiger partial charge in [-0.25, -0.2) is 0 Å². The third-order valence-corrected chi connectivity index (χ3v) is 7.12. The summed E-state index contributed by atoms with van der Waals surface area (Å²) in [5.41, 5.74) is 10.7. The number of allylic oxidation sites excluding steroid dienone is 2. The van der Waals surface area contributed by atoms with Gasteiger partial charge in [0.1, 0.15) is 18.5 Å². The molecular formula is C29H35N3O4. The van der Waals surface area contributed by atoms with Gasteiger partial charge >= 0.3 is 0 Å². The van der Waals surface area contributed by atoms with Gasteiger partial charge in [0.15, 0.2) is 18.1 Å². The van der Waals surface area contributed by atoms with Gasteiger partial charge in [-0.15, -0.1) is 0 Å². The van der Waals surface area contributed by atoms with Crippen LogP contribution in [0.1, 0.15) is 37.3 Å². The molecular weight excluding hydrogens is 454 g/mol. The molecule has 2 aromatic rings. The van der Waals surface area contributed by atoms with Crippen LogP contribution in [-0.2, 0) is 11.2 Å². The molecule has 5 rings (SSSR count). The summed E-state index contributed by atoms with van der Waals surface area (Å²) >= 11 is 0. The lowest BCUT2D eigenvalue weighted by atomic mass is 9.90. The van der Waals surface area contributed by atoms with E-state index in [2.05, 4.69) is 22.9 Å². The number of amides is 1. The van der Waals surface area contributed by atoms with E-state index in [1.807, 2.05) is 43.3 Å². The maximum Gasteiger partial charge on any atom is 0.262 e. The van der Waals surface area contributed by atoms with Crippen LogP contribution in [-0.4, -0.2) is 49.8 Å². The molecule has 3 heterocycles. The second-order valence-electron chi connectivity index (χ2n) is 10.1. The monoisotopic (exact) mass is 489 g/mol. The first-order valence-electron chi connectivity index (χ1n) is 12.8. The summed E-state index contributed by atoms with van der Waals surface area (Å²) in [5.74, 6) is 2.83. The van der Waals surface area contributed by atoms with Crippen molar-refractivity contribution in [3.63, 3.8) is 0 Å². The van der Waals surface area contributed by atoms with Crippen LogP contribution in [0, 0.1) is 5.92 Å². The molecule has 1 amide bonds. The van der Waals surface area contributed by atoms with Crippen molar-refractivity contribution in [2.24, 2.45) is 5.92 Å². The van der Waals surface area contributed by atoms with Gasteiger partial charge in [0.25, 0.3) is 5.91 Å². The smallest absolute Gasteiger partial charge is 0.262 e. The highest BCUT2D eigenvalue weighted by atomic mass is 16.6. The van der Waals surface area contributed by atoms with Crippen molar-refractivity contribution in [1.29, 1.82) is 0 Å². The highest BCUT2D eigenvalue weighted by molar-refractivity contribution is 5.95. The Morgan fingerprint density at radius 2 is 2.00 bits per heavy atom. The zero-order chi connectivity index (χ0) is 25.1. The Balaban J connectivity index is 1.11. The first kappa shape index (κ1) is 24.3. The second-order valence-corrected chi connectivity index (χ2v) is 10.1. The molecule has 0 radical (unpaired) electrons. The van der Waals surface area contributed by atoms with Crippen LogP contribution in [0.2, 0.25) is 0 Å². The molecule has 0 bridgehead atoms. The number of anilines is 2. The normalized spacial score (nSPS) is 20.0. The SMILES string of the molecule is C=C(C)/C=C\c1c(N)ccc2c1O[C@@H](CN1CCC(CCc3ccc4c(c3)NC(=O)CO4)CC1)CO2. The fourth-order valence-electron chi connectivity index (χ4n) is 5.10. The first-order chi connectivity index (χ1) is 17.4. The number of likely N-dealkylation sites (tertiary alicyclic amines) is 1. The van der Waals surface area contributed by atoms with E-state index in [9.17, 15) is 4.79 Å². The van der Waals surface area contributed by atoms with E-state index in [0.29, 0.717) is 18.2 Å². The summed E-state index contributed by atoms with van der Waals surface area (Å²) in [7, 11) is 0. The summed E-state index contributed by atoms with van der Waals surface area (Å²) in [6.07, 6.45) is 8.38. The van der Waals surface area contributed by atoms with Crippen molar-refractivity contribution < 1.29 is 19.0 Å². The van der Waals surface area contributed by atoms with Gasteiger partial charge in [-0.2, -0.15) is 0 Å². The summed E-state index contributed by atoms with van der Waals surface area (Å²) < 4.78 is 17.9. The molecule has 2 aromatic carbocycles. The van der Waals surface area contributed by atoms with E-state index in [4.69, 9.17) is 19.9 Å². The number of benzene rings is 2. The molecule has 3 N–H and O–H groups in total. The summed E-state index contributed by atoms with van der Waals surface area (Å²) in [5, 5.41) is 2.90. The van der Waals surface area contributed by atoms with E-state index in [-0.39, 0.29) is 18.6 Å². The Labute approximate surface area is 212 Å². The zero-order valence-electron chi connectivity index (χ0n) is 20.9. The van der Waals surface area contributed by atoms with Crippen molar-refractivity contribution in [3.8, 4) is 17.2 Å². The number of carbonyl (C=O) groups excluding carboxylic acids is 1. The van der Waals surface area contributed by atoms with E-state index < -0.39 is 0 Å². The predicted molar refractivity (Wildman–Crippen MR) is 143 cm³/mol. The number of nitrogens with two attached hydrogens (primary N) is 1.